The Morgan fingerprint density at radius 2 is 1.97 bits per heavy atom. The Morgan fingerprint density at radius 3 is 2.58 bits per heavy atom. The Bertz CT molecular complexity index is 1190. The summed E-state index contributed by atoms with van der Waals surface area (Å²) >= 11 is 6.41. The minimum Gasteiger partial charge on any atom is -0.497 e. The number of carbonyl (C=O) groups is 1. The van der Waals surface area contributed by atoms with E-state index >= 15 is 0 Å². The van der Waals surface area contributed by atoms with Crippen LogP contribution in [-0.4, -0.2) is 39.5 Å². The summed E-state index contributed by atoms with van der Waals surface area (Å²) in [6, 6.07) is 7.14. The molecule has 0 aliphatic heterocycles. The number of ether oxygens (including phenoxy) is 2. The first-order valence-electron chi connectivity index (χ1n) is 9.91. The molecule has 2 aromatic heterocycles. The van der Waals surface area contributed by atoms with Crippen LogP contribution in [0.4, 0.5) is 4.79 Å². The molecule has 0 aliphatic rings. The Kier molecular flexibility index (Phi) is 6.31. The molecule has 8 nitrogen and oxygen atoms in total. The van der Waals surface area contributed by atoms with Crippen LogP contribution in [0, 0.1) is 6.92 Å². The summed E-state index contributed by atoms with van der Waals surface area (Å²) in [5.41, 5.74) is 1.95. The first kappa shape index (κ1) is 22.7. The lowest BCUT2D eigenvalue weighted by Gasteiger charge is -2.19. The molecule has 1 amide bonds. The molecular formula is C22H27ClN4O4. The van der Waals surface area contributed by atoms with Crippen LogP contribution >= 0.6 is 11.6 Å². The molecule has 31 heavy (non-hydrogen) atoms. The van der Waals surface area contributed by atoms with Crippen LogP contribution in [0.2, 0.25) is 5.02 Å². The Morgan fingerprint density at radius 1 is 1.26 bits per heavy atom. The molecule has 3 rings (SSSR count). The van der Waals surface area contributed by atoms with Crippen molar-refractivity contribution in [3.05, 3.63) is 50.9 Å². The fraction of sp³-hybridized carbons (Fsp3) is 0.409. The fourth-order valence-corrected chi connectivity index (χ4v) is 3.57. The third-order valence-electron chi connectivity index (χ3n) is 4.73. The van der Waals surface area contributed by atoms with Gasteiger partial charge in [-0.3, -0.25) is 9.36 Å². The minimum absolute atomic E-state index is 0.197. The molecule has 0 saturated carbocycles. The zero-order valence-corrected chi connectivity index (χ0v) is 19.3. The first-order chi connectivity index (χ1) is 14.5. The van der Waals surface area contributed by atoms with Gasteiger partial charge in [-0.2, -0.15) is 0 Å². The van der Waals surface area contributed by atoms with Gasteiger partial charge in [-0.15, -0.1) is 5.10 Å². The molecule has 0 atom stereocenters. The molecule has 3 aromatic rings. The highest BCUT2D eigenvalue weighted by molar-refractivity contribution is 6.33. The molecule has 0 radical (unpaired) electrons. The largest absolute Gasteiger partial charge is 0.497 e. The van der Waals surface area contributed by atoms with E-state index in [0.717, 1.165) is 11.3 Å². The van der Waals surface area contributed by atoms with E-state index in [1.807, 2.05) is 13.0 Å². The fourth-order valence-electron chi connectivity index (χ4n) is 3.31. The highest BCUT2D eigenvalue weighted by atomic mass is 35.5. The van der Waals surface area contributed by atoms with Crippen molar-refractivity contribution < 1.29 is 14.3 Å². The zero-order valence-electron chi connectivity index (χ0n) is 18.6. The highest BCUT2D eigenvalue weighted by Gasteiger charge is 2.19. The average Bonchev–Trinajstić information content (AvgIpc) is 2.99. The standard InChI is InChI=1S/C22H27ClN4O4/c1-13-11-14(9-10-24-21(29)31-22(2,3)4)18-20(28)26(5)19(25-27(13)18)16-8-7-15(30-6)12-17(16)23/h7-8,11-12H,9-10H2,1-6H3,(H,24,29). The monoisotopic (exact) mass is 446 g/mol. The van der Waals surface area contributed by atoms with Gasteiger partial charge in [-0.1, -0.05) is 11.6 Å². The molecule has 1 N–H and O–H groups in total. The van der Waals surface area contributed by atoms with Gasteiger partial charge in [0.05, 0.1) is 12.1 Å². The number of alkyl carbamates (subject to hydrolysis) is 1. The van der Waals surface area contributed by atoms with E-state index in [-0.39, 0.29) is 5.56 Å². The molecule has 0 bridgehead atoms. The van der Waals surface area contributed by atoms with Gasteiger partial charge >= 0.3 is 6.09 Å². The topological polar surface area (TPSA) is 86.9 Å². The van der Waals surface area contributed by atoms with Gasteiger partial charge < -0.3 is 14.8 Å². The molecule has 9 heteroatoms. The number of hydrogen-bond donors (Lipinski definition) is 1. The number of aryl methyl sites for hydroxylation is 1. The second-order valence-electron chi connectivity index (χ2n) is 8.28. The number of benzene rings is 1. The maximum absolute atomic E-state index is 13.2. The van der Waals surface area contributed by atoms with Gasteiger partial charge in [0.25, 0.3) is 5.56 Å². The number of aromatic nitrogens is 3. The van der Waals surface area contributed by atoms with Crippen LogP contribution in [0.3, 0.4) is 0 Å². The summed E-state index contributed by atoms with van der Waals surface area (Å²) in [7, 11) is 3.23. The maximum atomic E-state index is 13.2. The van der Waals surface area contributed by atoms with Gasteiger partial charge in [-0.25, -0.2) is 9.31 Å². The number of rotatable bonds is 5. The SMILES string of the molecule is COc1ccc(-c2nn3c(C)cc(CCNC(=O)OC(C)(C)C)c3c(=O)n2C)c(Cl)c1. The quantitative estimate of drug-likeness (QED) is 0.645. The number of hydrogen-bond acceptors (Lipinski definition) is 5. The lowest BCUT2D eigenvalue weighted by atomic mass is 10.2. The third kappa shape index (κ3) is 4.85. The predicted molar refractivity (Wildman–Crippen MR) is 120 cm³/mol. The molecular weight excluding hydrogens is 420 g/mol. The molecule has 2 heterocycles. The van der Waals surface area contributed by atoms with E-state index < -0.39 is 11.7 Å². The van der Waals surface area contributed by atoms with Crippen molar-refractivity contribution in [1.82, 2.24) is 19.5 Å². The summed E-state index contributed by atoms with van der Waals surface area (Å²) in [6.07, 6.45) is -0.0222. The number of methoxy groups -OCH3 is 1. The van der Waals surface area contributed by atoms with Crippen LogP contribution in [0.1, 0.15) is 32.0 Å². The van der Waals surface area contributed by atoms with Gasteiger partial charge in [0.2, 0.25) is 0 Å². The molecule has 0 spiro atoms. The Balaban J connectivity index is 1.93. The second kappa shape index (κ2) is 8.63. The molecule has 0 unspecified atom stereocenters. The van der Waals surface area contributed by atoms with Crippen molar-refractivity contribution in [3.63, 3.8) is 0 Å². The molecule has 0 saturated heterocycles. The van der Waals surface area contributed by atoms with Crippen LogP contribution in [0.15, 0.2) is 29.1 Å². The molecule has 166 valence electrons. The summed E-state index contributed by atoms with van der Waals surface area (Å²) in [4.78, 5) is 25.1. The van der Waals surface area contributed by atoms with E-state index in [1.54, 1.807) is 57.6 Å². The second-order valence-corrected chi connectivity index (χ2v) is 8.69. The lowest BCUT2D eigenvalue weighted by molar-refractivity contribution is 0.0528. The lowest BCUT2D eigenvalue weighted by Crippen LogP contribution is -2.33. The van der Waals surface area contributed by atoms with Crippen molar-refractivity contribution in [3.8, 4) is 17.1 Å². The minimum atomic E-state index is -0.567. The average molecular weight is 447 g/mol. The van der Waals surface area contributed by atoms with Crippen molar-refractivity contribution in [2.45, 2.75) is 39.7 Å². The molecule has 1 aromatic carbocycles. The van der Waals surface area contributed by atoms with Crippen LogP contribution in [0.5, 0.6) is 5.75 Å². The number of nitrogens with one attached hydrogen (secondary N) is 1. The summed E-state index contributed by atoms with van der Waals surface area (Å²) in [5, 5.41) is 7.84. The first-order valence-corrected chi connectivity index (χ1v) is 10.3. The number of carbonyl (C=O) groups excluding carboxylic acids is 1. The van der Waals surface area contributed by atoms with Gasteiger partial charge in [0.15, 0.2) is 5.82 Å². The van der Waals surface area contributed by atoms with Crippen molar-refractivity contribution in [1.29, 1.82) is 0 Å². The predicted octanol–water partition coefficient (Wildman–Crippen LogP) is 3.74. The number of halogens is 1. The van der Waals surface area contributed by atoms with E-state index in [1.165, 1.54) is 4.57 Å². The van der Waals surface area contributed by atoms with Gasteiger partial charge in [0, 0.05) is 24.8 Å². The van der Waals surface area contributed by atoms with Crippen LogP contribution < -0.4 is 15.6 Å². The summed E-state index contributed by atoms with van der Waals surface area (Å²) in [6.45, 7) is 7.63. The van der Waals surface area contributed by atoms with Crippen LogP contribution in [-0.2, 0) is 18.2 Å². The van der Waals surface area contributed by atoms with Crippen molar-refractivity contribution in [2.24, 2.45) is 7.05 Å². The van der Waals surface area contributed by atoms with Crippen molar-refractivity contribution in [2.75, 3.05) is 13.7 Å². The van der Waals surface area contributed by atoms with E-state index in [0.29, 0.717) is 40.6 Å². The summed E-state index contributed by atoms with van der Waals surface area (Å²) in [5.74, 6) is 1.07. The van der Waals surface area contributed by atoms with Crippen molar-refractivity contribution >= 4 is 23.2 Å². The van der Waals surface area contributed by atoms with Crippen LogP contribution in [0.25, 0.3) is 16.9 Å². The Labute approximate surface area is 185 Å². The number of nitrogens with zero attached hydrogens (tertiary/aromatic N) is 3. The molecule has 0 fully saturated rings. The van der Waals surface area contributed by atoms with E-state index in [4.69, 9.17) is 21.1 Å². The number of amides is 1. The maximum Gasteiger partial charge on any atom is 0.407 e. The smallest absolute Gasteiger partial charge is 0.407 e. The zero-order chi connectivity index (χ0) is 22.9. The molecule has 0 aliphatic carbocycles. The Hall–Kier alpha value is -3.00. The summed E-state index contributed by atoms with van der Waals surface area (Å²) < 4.78 is 13.6. The third-order valence-corrected chi connectivity index (χ3v) is 5.05. The van der Waals surface area contributed by atoms with Gasteiger partial charge in [-0.05, 0) is 63.9 Å². The number of fused-ring (bicyclic) bond motifs is 1. The van der Waals surface area contributed by atoms with E-state index in [9.17, 15) is 9.59 Å². The van der Waals surface area contributed by atoms with Gasteiger partial charge in [0.1, 0.15) is 16.9 Å². The van der Waals surface area contributed by atoms with E-state index in [2.05, 4.69) is 10.4 Å². The highest BCUT2D eigenvalue weighted by Crippen LogP contribution is 2.29. The normalized spacial score (nSPS) is 11.6.